The van der Waals surface area contributed by atoms with Gasteiger partial charge in [0.15, 0.2) is 0 Å². The molecule has 29 heavy (non-hydrogen) atoms. The molecule has 0 heterocycles. The van der Waals surface area contributed by atoms with E-state index < -0.39 is 6.04 Å². The van der Waals surface area contributed by atoms with Crippen molar-refractivity contribution in [2.24, 2.45) is 0 Å². The van der Waals surface area contributed by atoms with Crippen LogP contribution in [0.1, 0.15) is 44.2 Å². The van der Waals surface area contributed by atoms with E-state index in [4.69, 9.17) is 4.74 Å². The van der Waals surface area contributed by atoms with Gasteiger partial charge in [-0.1, -0.05) is 56.3 Å². The summed E-state index contributed by atoms with van der Waals surface area (Å²) in [5.74, 6) is 0.617. The van der Waals surface area contributed by atoms with Crippen molar-refractivity contribution in [1.82, 2.24) is 10.2 Å². The summed E-state index contributed by atoms with van der Waals surface area (Å²) in [5, 5.41) is 2.98. The van der Waals surface area contributed by atoms with E-state index in [2.05, 4.69) is 5.32 Å². The minimum absolute atomic E-state index is 0.0112. The molecule has 2 aromatic carbocycles. The molecule has 0 radical (unpaired) electrons. The third-order valence-corrected chi connectivity index (χ3v) is 4.77. The van der Waals surface area contributed by atoms with Crippen molar-refractivity contribution in [2.75, 3.05) is 13.7 Å². The molecule has 2 amide bonds. The highest BCUT2D eigenvalue weighted by Gasteiger charge is 2.29. The summed E-state index contributed by atoms with van der Waals surface area (Å²) in [6.45, 7) is 4.96. The van der Waals surface area contributed by atoms with Gasteiger partial charge in [0.2, 0.25) is 11.8 Å². The van der Waals surface area contributed by atoms with Crippen molar-refractivity contribution in [3.05, 3.63) is 65.7 Å². The molecule has 0 aliphatic heterocycles. The molecule has 0 aromatic heterocycles. The van der Waals surface area contributed by atoms with Gasteiger partial charge < -0.3 is 15.0 Å². The van der Waals surface area contributed by atoms with Crippen LogP contribution in [-0.2, 0) is 22.6 Å². The van der Waals surface area contributed by atoms with E-state index in [1.54, 1.807) is 12.0 Å². The number of benzene rings is 2. The van der Waals surface area contributed by atoms with Crippen LogP contribution in [0.25, 0.3) is 0 Å². The van der Waals surface area contributed by atoms with E-state index in [1.807, 2.05) is 68.4 Å². The van der Waals surface area contributed by atoms with Gasteiger partial charge in [-0.05, 0) is 36.1 Å². The fourth-order valence-corrected chi connectivity index (χ4v) is 3.24. The summed E-state index contributed by atoms with van der Waals surface area (Å²) in [6.07, 6.45) is 2.48. The van der Waals surface area contributed by atoms with Crippen LogP contribution in [0.4, 0.5) is 0 Å². The quantitative estimate of drug-likeness (QED) is 0.625. The van der Waals surface area contributed by atoms with Gasteiger partial charge in [0, 0.05) is 25.9 Å². The Bertz CT molecular complexity index is 777. The Labute approximate surface area is 174 Å². The first-order valence-electron chi connectivity index (χ1n) is 10.3. The van der Waals surface area contributed by atoms with E-state index in [0.717, 1.165) is 29.7 Å². The first-order valence-corrected chi connectivity index (χ1v) is 10.3. The Hall–Kier alpha value is -2.82. The Morgan fingerprint density at radius 2 is 1.72 bits per heavy atom. The van der Waals surface area contributed by atoms with Crippen molar-refractivity contribution < 1.29 is 14.3 Å². The van der Waals surface area contributed by atoms with Gasteiger partial charge >= 0.3 is 0 Å². The molecule has 0 bridgehead atoms. The number of hydrogen-bond acceptors (Lipinski definition) is 3. The van der Waals surface area contributed by atoms with Crippen LogP contribution in [0.3, 0.4) is 0 Å². The van der Waals surface area contributed by atoms with Gasteiger partial charge in [-0.25, -0.2) is 0 Å². The van der Waals surface area contributed by atoms with Gasteiger partial charge in [-0.15, -0.1) is 0 Å². The molecule has 0 unspecified atom stereocenters. The van der Waals surface area contributed by atoms with E-state index in [1.165, 1.54) is 0 Å². The van der Waals surface area contributed by atoms with E-state index >= 15 is 0 Å². The van der Waals surface area contributed by atoms with Gasteiger partial charge in [0.1, 0.15) is 11.8 Å². The summed E-state index contributed by atoms with van der Waals surface area (Å²) in [7, 11) is 1.62. The number of nitrogens with zero attached hydrogens (tertiary/aromatic N) is 1. The third kappa shape index (κ3) is 6.93. The van der Waals surface area contributed by atoms with Crippen LogP contribution >= 0.6 is 0 Å². The lowest BCUT2D eigenvalue weighted by Crippen LogP contribution is -2.50. The molecular formula is C24H32N2O3. The number of hydrogen-bond donors (Lipinski definition) is 1. The zero-order valence-corrected chi connectivity index (χ0v) is 17.7. The molecule has 0 aliphatic carbocycles. The highest BCUT2D eigenvalue weighted by atomic mass is 16.5. The third-order valence-electron chi connectivity index (χ3n) is 4.77. The molecule has 1 atom stereocenters. The van der Waals surface area contributed by atoms with E-state index in [0.29, 0.717) is 25.9 Å². The summed E-state index contributed by atoms with van der Waals surface area (Å²) in [5.41, 5.74) is 1.97. The normalized spacial score (nSPS) is 11.6. The molecule has 0 spiro atoms. The maximum atomic E-state index is 13.0. The first-order chi connectivity index (χ1) is 14.1. The zero-order chi connectivity index (χ0) is 21.1. The van der Waals surface area contributed by atoms with Crippen LogP contribution < -0.4 is 10.1 Å². The number of methoxy groups -OCH3 is 1. The van der Waals surface area contributed by atoms with Crippen LogP contribution in [-0.4, -0.2) is 36.4 Å². The molecule has 2 rings (SSSR count). The van der Waals surface area contributed by atoms with Gasteiger partial charge in [-0.2, -0.15) is 0 Å². The molecule has 0 saturated heterocycles. The number of amides is 2. The number of carbonyl (C=O) groups excluding carboxylic acids is 2. The van der Waals surface area contributed by atoms with Gasteiger partial charge in [-0.3, -0.25) is 9.59 Å². The average molecular weight is 397 g/mol. The SMILES string of the molecule is CCCNC(=O)[C@H](Cc1ccccc1)N(Cc1cccc(OC)c1)C(=O)CCC. The summed E-state index contributed by atoms with van der Waals surface area (Å²) >= 11 is 0. The second-order valence-corrected chi connectivity index (χ2v) is 7.12. The molecule has 1 N–H and O–H groups in total. The molecule has 0 aliphatic rings. The molecule has 5 heteroatoms. The van der Waals surface area contributed by atoms with Crippen molar-refractivity contribution in [1.29, 1.82) is 0 Å². The standard InChI is InChI=1S/C24H32N2O3/c1-4-10-23(27)26(18-20-13-9-14-21(16-20)29-3)22(24(28)25-15-5-2)17-19-11-7-6-8-12-19/h6-9,11-14,16,22H,4-5,10,15,17-18H2,1-3H3,(H,25,28)/t22-/m0/s1. The predicted octanol–water partition coefficient (Wildman–Crippen LogP) is 3.96. The Kier molecular flexibility index (Phi) is 9.22. The lowest BCUT2D eigenvalue weighted by Gasteiger charge is -2.31. The fraction of sp³-hybridized carbons (Fsp3) is 0.417. The lowest BCUT2D eigenvalue weighted by atomic mass is 10.0. The maximum absolute atomic E-state index is 13.0. The second kappa shape index (κ2) is 11.9. The fourth-order valence-electron chi connectivity index (χ4n) is 3.24. The van der Waals surface area contributed by atoms with Crippen molar-refractivity contribution in [3.8, 4) is 5.75 Å². The summed E-state index contributed by atoms with van der Waals surface area (Å²) in [6, 6.07) is 16.9. The van der Waals surface area contributed by atoms with Crippen LogP contribution in [0, 0.1) is 0 Å². The van der Waals surface area contributed by atoms with Crippen LogP contribution in [0.5, 0.6) is 5.75 Å². The minimum Gasteiger partial charge on any atom is -0.497 e. The molecule has 156 valence electrons. The zero-order valence-electron chi connectivity index (χ0n) is 17.7. The number of nitrogens with one attached hydrogen (secondary N) is 1. The van der Waals surface area contributed by atoms with Crippen molar-refractivity contribution >= 4 is 11.8 Å². The lowest BCUT2D eigenvalue weighted by molar-refractivity contribution is -0.141. The van der Waals surface area contributed by atoms with Gasteiger partial charge in [0.05, 0.1) is 7.11 Å². The molecule has 5 nitrogen and oxygen atoms in total. The average Bonchev–Trinajstić information content (AvgIpc) is 2.75. The van der Waals surface area contributed by atoms with Gasteiger partial charge in [0.25, 0.3) is 0 Å². The predicted molar refractivity (Wildman–Crippen MR) is 116 cm³/mol. The second-order valence-electron chi connectivity index (χ2n) is 7.12. The van der Waals surface area contributed by atoms with Crippen molar-refractivity contribution in [3.63, 3.8) is 0 Å². The summed E-state index contributed by atoms with van der Waals surface area (Å²) in [4.78, 5) is 27.8. The Morgan fingerprint density at radius 3 is 2.38 bits per heavy atom. The Balaban J connectivity index is 2.35. The van der Waals surface area contributed by atoms with Crippen LogP contribution in [0.15, 0.2) is 54.6 Å². The minimum atomic E-state index is -0.561. The monoisotopic (exact) mass is 396 g/mol. The maximum Gasteiger partial charge on any atom is 0.243 e. The smallest absolute Gasteiger partial charge is 0.243 e. The number of ether oxygens (including phenoxy) is 1. The van der Waals surface area contributed by atoms with Crippen molar-refractivity contribution in [2.45, 2.75) is 52.1 Å². The molecular weight excluding hydrogens is 364 g/mol. The number of rotatable bonds is 11. The molecule has 0 fully saturated rings. The molecule has 2 aromatic rings. The number of carbonyl (C=O) groups is 2. The molecule has 0 saturated carbocycles. The highest BCUT2D eigenvalue weighted by Crippen LogP contribution is 2.19. The largest absolute Gasteiger partial charge is 0.497 e. The van der Waals surface area contributed by atoms with Crippen LogP contribution in [0.2, 0.25) is 0 Å². The van der Waals surface area contributed by atoms with E-state index in [-0.39, 0.29) is 11.8 Å². The van der Waals surface area contributed by atoms with E-state index in [9.17, 15) is 9.59 Å². The summed E-state index contributed by atoms with van der Waals surface area (Å²) < 4.78 is 5.32. The first kappa shape index (κ1) is 22.5. The Morgan fingerprint density at radius 1 is 1.00 bits per heavy atom. The topological polar surface area (TPSA) is 58.6 Å². The highest BCUT2D eigenvalue weighted by molar-refractivity contribution is 5.88.